The number of methoxy groups -OCH3 is 1. The molecule has 1 aromatic carbocycles. The van der Waals surface area contributed by atoms with Gasteiger partial charge in [-0.05, 0) is 70.6 Å². The van der Waals surface area contributed by atoms with Crippen LogP contribution in [0, 0.1) is 33.1 Å². The fourth-order valence-electron chi connectivity index (χ4n) is 3.18. The first-order valence-electron chi connectivity index (χ1n) is 8.02. The van der Waals surface area contributed by atoms with Crippen LogP contribution in [0.4, 0.5) is 0 Å². The minimum atomic E-state index is -0.578. The van der Waals surface area contributed by atoms with Gasteiger partial charge in [0.2, 0.25) is 0 Å². The van der Waals surface area contributed by atoms with Gasteiger partial charge >= 0.3 is 13.1 Å². The van der Waals surface area contributed by atoms with Crippen molar-refractivity contribution in [3.8, 4) is 12.3 Å². The highest BCUT2D eigenvalue weighted by molar-refractivity contribution is 6.63. The molecule has 1 aliphatic rings. The molecule has 0 aromatic heterocycles. The lowest BCUT2D eigenvalue weighted by atomic mass is 9.70. The first kappa shape index (κ1) is 18.6. The van der Waals surface area contributed by atoms with E-state index in [4.69, 9.17) is 20.5 Å². The van der Waals surface area contributed by atoms with Crippen LogP contribution in [-0.2, 0) is 14.0 Å². The molecule has 0 unspecified atom stereocenters. The second-order valence-corrected chi connectivity index (χ2v) is 7.26. The third-order valence-corrected chi connectivity index (χ3v) is 5.33. The summed E-state index contributed by atoms with van der Waals surface area (Å²) in [5.74, 6) is 2.29. The van der Waals surface area contributed by atoms with Gasteiger partial charge in [-0.1, -0.05) is 5.92 Å². The molecule has 0 atom stereocenters. The SMILES string of the molecule is C#Cc1c(C)c(B2OC(C)(C)C(C)(C)O2)c(C)c(C(=O)OC)c1C. The Labute approximate surface area is 145 Å². The van der Waals surface area contributed by atoms with Crippen LogP contribution < -0.4 is 5.46 Å². The number of hydrogen-bond acceptors (Lipinski definition) is 4. The third-order valence-electron chi connectivity index (χ3n) is 5.33. The summed E-state index contributed by atoms with van der Waals surface area (Å²) in [6, 6.07) is 0. The van der Waals surface area contributed by atoms with Gasteiger partial charge in [0.1, 0.15) is 0 Å². The average molecular weight is 328 g/mol. The maximum atomic E-state index is 12.3. The molecule has 1 fully saturated rings. The minimum absolute atomic E-state index is 0.403. The van der Waals surface area contributed by atoms with Crippen molar-refractivity contribution in [2.75, 3.05) is 7.11 Å². The molecule has 0 N–H and O–H groups in total. The fourth-order valence-corrected chi connectivity index (χ4v) is 3.18. The zero-order valence-corrected chi connectivity index (χ0v) is 15.8. The second kappa shape index (κ2) is 5.95. The third kappa shape index (κ3) is 2.64. The number of terminal acetylenes is 1. The molecular weight excluding hydrogens is 303 g/mol. The monoisotopic (exact) mass is 328 g/mol. The summed E-state index contributed by atoms with van der Waals surface area (Å²) in [4.78, 5) is 12.3. The fraction of sp³-hybridized carbons (Fsp3) is 0.526. The van der Waals surface area contributed by atoms with E-state index in [2.05, 4.69) is 5.92 Å². The lowest BCUT2D eigenvalue weighted by Gasteiger charge is -2.32. The van der Waals surface area contributed by atoms with Gasteiger partial charge in [0, 0.05) is 5.56 Å². The Balaban J connectivity index is 2.73. The van der Waals surface area contributed by atoms with Gasteiger partial charge in [0.15, 0.2) is 0 Å². The van der Waals surface area contributed by atoms with Crippen molar-refractivity contribution in [1.82, 2.24) is 0 Å². The highest BCUT2D eigenvalue weighted by Crippen LogP contribution is 2.37. The molecule has 1 aromatic rings. The van der Waals surface area contributed by atoms with Crippen LogP contribution in [0.25, 0.3) is 0 Å². The predicted molar refractivity (Wildman–Crippen MR) is 95.6 cm³/mol. The molecule has 0 bridgehead atoms. The highest BCUT2D eigenvalue weighted by Gasteiger charge is 2.52. The number of hydrogen-bond donors (Lipinski definition) is 0. The molecule has 0 saturated carbocycles. The van der Waals surface area contributed by atoms with Gasteiger partial charge in [0.05, 0.1) is 23.9 Å². The standard InChI is InChI=1S/C19H25BO4/c1-10-14-11(2)15(17(21)22-9)13(4)16(12(14)3)20-23-18(5,6)19(7,8)24-20/h1H,2-9H3. The Kier molecular flexibility index (Phi) is 4.60. The topological polar surface area (TPSA) is 44.8 Å². The molecule has 24 heavy (non-hydrogen) atoms. The molecule has 4 nitrogen and oxygen atoms in total. The molecule has 1 aliphatic heterocycles. The van der Waals surface area contributed by atoms with E-state index in [1.807, 2.05) is 48.5 Å². The summed E-state index contributed by atoms with van der Waals surface area (Å²) < 4.78 is 17.3. The van der Waals surface area contributed by atoms with E-state index in [-0.39, 0.29) is 0 Å². The highest BCUT2D eigenvalue weighted by atomic mass is 16.7. The van der Waals surface area contributed by atoms with Crippen molar-refractivity contribution < 1.29 is 18.8 Å². The van der Waals surface area contributed by atoms with E-state index in [1.54, 1.807) is 0 Å². The van der Waals surface area contributed by atoms with Gasteiger partial charge in [-0.2, -0.15) is 0 Å². The van der Waals surface area contributed by atoms with Crippen molar-refractivity contribution in [3.63, 3.8) is 0 Å². The molecule has 0 aliphatic carbocycles. The van der Waals surface area contributed by atoms with Crippen LogP contribution >= 0.6 is 0 Å². The maximum absolute atomic E-state index is 12.3. The number of carbonyl (C=O) groups excluding carboxylic acids is 1. The normalized spacial score (nSPS) is 18.4. The van der Waals surface area contributed by atoms with E-state index < -0.39 is 24.3 Å². The van der Waals surface area contributed by atoms with E-state index in [1.165, 1.54) is 7.11 Å². The summed E-state index contributed by atoms with van der Waals surface area (Å²) in [5.41, 5.74) is 3.48. The average Bonchev–Trinajstić information content (AvgIpc) is 2.67. The lowest BCUT2D eigenvalue weighted by Crippen LogP contribution is -2.41. The number of rotatable bonds is 2. The Morgan fingerprint density at radius 1 is 1.04 bits per heavy atom. The maximum Gasteiger partial charge on any atom is 0.495 e. The lowest BCUT2D eigenvalue weighted by molar-refractivity contribution is 0.00578. The van der Waals surface area contributed by atoms with Crippen LogP contribution in [0.5, 0.6) is 0 Å². The van der Waals surface area contributed by atoms with E-state index in [9.17, 15) is 4.79 Å². The van der Waals surface area contributed by atoms with Crippen molar-refractivity contribution in [2.24, 2.45) is 0 Å². The van der Waals surface area contributed by atoms with Gasteiger partial charge < -0.3 is 14.0 Å². The molecule has 1 saturated heterocycles. The zero-order chi connectivity index (χ0) is 18.4. The van der Waals surface area contributed by atoms with Crippen LogP contribution in [0.3, 0.4) is 0 Å². The van der Waals surface area contributed by atoms with Crippen LogP contribution in [0.1, 0.15) is 60.3 Å². The first-order chi connectivity index (χ1) is 11.0. The van der Waals surface area contributed by atoms with Gasteiger partial charge in [0.25, 0.3) is 0 Å². The molecule has 0 radical (unpaired) electrons. The summed E-state index contributed by atoms with van der Waals surface area (Å²) >= 11 is 0. The minimum Gasteiger partial charge on any atom is -0.465 e. The predicted octanol–water partition coefficient (Wildman–Crippen LogP) is 2.68. The number of ether oxygens (including phenoxy) is 1. The van der Waals surface area contributed by atoms with Crippen molar-refractivity contribution in [1.29, 1.82) is 0 Å². The second-order valence-electron chi connectivity index (χ2n) is 7.26. The largest absolute Gasteiger partial charge is 0.495 e. The summed E-state index contributed by atoms with van der Waals surface area (Å²) in [7, 11) is 0.788. The zero-order valence-electron chi connectivity index (χ0n) is 15.8. The van der Waals surface area contributed by atoms with Crippen LogP contribution in [0.2, 0.25) is 0 Å². The molecule has 0 amide bonds. The van der Waals surface area contributed by atoms with Gasteiger partial charge in [-0.25, -0.2) is 4.79 Å². The quantitative estimate of drug-likeness (QED) is 0.476. The van der Waals surface area contributed by atoms with Gasteiger partial charge in [-0.15, -0.1) is 6.42 Å². The molecule has 5 heteroatoms. The van der Waals surface area contributed by atoms with Crippen LogP contribution in [0.15, 0.2) is 0 Å². The van der Waals surface area contributed by atoms with Crippen molar-refractivity contribution >= 4 is 18.6 Å². The molecule has 2 rings (SSSR count). The number of carbonyl (C=O) groups is 1. The Morgan fingerprint density at radius 3 is 1.96 bits per heavy atom. The summed E-state index contributed by atoms with van der Waals surface area (Å²) in [6.45, 7) is 13.6. The molecule has 0 spiro atoms. The molecular formula is C19H25BO4. The Hall–Kier alpha value is -1.77. The number of esters is 1. The summed E-state index contributed by atoms with van der Waals surface area (Å²) in [6.07, 6.45) is 5.70. The van der Waals surface area contributed by atoms with E-state index >= 15 is 0 Å². The van der Waals surface area contributed by atoms with E-state index in [0.717, 1.165) is 22.2 Å². The van der Waals surface area contributed by atoms with Gasteiger partial charge in [-0.3, -0.25) is 0 Å². The number of benzene rings is 1. The Morgan fingerprint density at radius 2 is 1.54 bits per heavy atom. The smallest absolute Gasteiger partial charge is 0.465 e. The Bertz CT molecular complexity index is 725. The van der Waals surface area contributed by atoms with E-state index in [0.29, 0.717) is 11.1 Å². The molecule has 1 heterocycles. The van der Waals surface area contributed by atoms with Crippen LogP contribution in [-0.4, -0.2) is 31.4 Å². The first-order valence-corrected chi connectivity index (χ1v) is 8.02. The van der Waals surface area contributed by atoms with Crippen molar-refractivity contribution in [2.45, 2.75) is 59.7 Å². The summed E-state index contributed by atoms with van der Waals surface area (Å²) in [5, 5.41) is 0. The van der Waals surface area contributed by atoms with Crippen molar-refractivity contribution in [3.05, 3.63) is 27.8 Å². The molecule has 128 valence electrons.